The summed E-state index contributed by atoms with van der Waals surface area (Å²) in [7, 11) is 0. The highest BCUT2D eigenvalue weighted by Gasteiger charge is 2.65. The van der Waals surface area contributed by atoms with Gasteiger partial charge in [0.1, 0.15) is 11.8 Å². The Kier molecular flexibility index (Phi) is 5.98. The van der Waals surface area contributed by atoms with Gasteiger partial charge in [0.2, 0.25) is 0 Å². The van der Waals surface area contributed by atoms with Gasteiger partial charge in [0.15, 0.2) is 17.2 Å². The Morgan fingerprint density at radius 3 is 2.47 bits per heavy atom. The number of ether oxygens (including phenoxy) is 1. The van der Waals surface area contributed by atoms with Crippen molar-refractivity contribution >= 4 is 17.5 Å². The molecule has 3 rings (SSSR count). The maximum atomic E-state index is 14.2. The van der Waals surface area contributed by atoms with Crippen LogP contribution in [0.1, 0.15) is 41.4 Å². The van der Waals surface area contributed by atoms with Crippen molar-refractivity contribution in [2.24, 2.45) is 11.7 Å². The van der Waals surface area contributed by atoms with Gasteiger partial charge >= 0.3 is 6.18 Å². The van der Waals surface area contributed by atoms with Gasteiger partial charge in [0.25, 0.3) is 11.8 Å². The summed E-state index contributed by atoms with van der Waals surface area (Å²) < 4.78 is 74.7. The molecule has 1 saturated heterocycles. The fourth-order valence-corrected chi connectivity index (χ4v) is 3.91. The predicted molar refractivity (Wildman–Crippen MR) is 104 cm³/mol. The number of aromatic nitrogens is 1. The van der Waals surface area contributed by atoms with Crippen LogP contribution < -0.4 is 11.1 Å². The van der Waals surface area contributed by atoms with Gasteiger partial charge in [-0.25, -0.2) is 8.78 Å². The lowest BCUT2D eigenvalue weighted by Gasteiger charge is -2.32. The van der Waals surface area contributed by atoms with Crippen LogP contribution in [0, 0.1) is 24.5 Å². The van der Waals surface area contributed by atoms with Crippen molar-refractivity contribution in [3.8, 4) is 0 Å². The smallest absolute Gasteiger partial charge is 0.364 e. The zero-order valence-corrected chi connectivity index (χ0v) is 17.3. The number of halogens is 5. The first-order valence-electron chi connectivity index (χ1n) is 9.53. The number of carbonyl (C=O) groups is 2. The van der Waals surface area contributed by atoms with Gasteiger partial charge < -0.3 is 15.8 Å². The molecular formula is C21H20F5N3O3. The van der Waals surface area contributed by atoms with Crippen molar-refractivity contribution in [1.29, 1.82) is 0 Å². The lowest BCUT2D eigenvalue weighted by molar-refractivity contribution is -0.272. The fourth-order valence-electron chi connectivity index (χ4n) is 3.91. The Morgan fingerprint density at radius 2 is 1.88 bits per heavy atom. The topological polar surface area (TPSA) is 94.3 Å². The van der Waals surface area contributed by atoms with E-state index in [0.717, 1.165) is 25.1 Å². The molecule has 4 atom stereocenters. The summed E-state index contributed by atoms with van der Waals surface area (Å²) in [5, 5.41) is 2.39. The van der Waals surface area contributed by atoms with E-state index in [4.69, 9.17) is 10.5 Å². The van der Waals surface area contributed by atoms with Crippen LogP contribution >= 0.6 is 0 Å². The van der Waals surface area contributed by atoms with E-state index in [9.17, 15) is 31.5 Å². The van der Waals surface area contributed by atoms with E-state index in [0.29, 0.717) is 0 Å². The van der Waals surface area contributed by atoms with Gasteiger partial charge in [-0.05, 0) is 43.2 Å². The fraction of sp³-hybridized carbons (Fsp3) is 0.381. The first kappa shape index (κ1) is 23.6. The van der Waals surface area contributed by atoms with Gasteiger partial charge in [-0.3, -0.25) is 14.6 Å². The number of benzene rings is 1. The molecule has 1 fully saturated rings. The first-order valence-corrected chi connectivity index (χ1v) is 9.53. The molecule has 3 N–H and O–H groups in total. The van der Waals surface area contributed by atoms with Crippen LogP contribution in [0.15, 0.2) is 30.5 Å². The molecule has 32 heavy (non-hydrogen) atoms. The average Bonchev–Trinajstić information content (AvgIpc) is 2.99. The van der Waals surface area contributed by atoms with Crippen molar-refractivity contribution in [3.05, 3.63) is 58.9 Å². The Bertz CT molecular complexity index is 1080. The molecule has 0 unspecified atom stereocenters. The zero-order chi connectivity index (χ0) is 24.0. The van der Waals surface area contributed by atoms with Crippen molar-refractivity contribution in [2.75, 3.05) is 5.32 Å². The van der Waals surface area contributed by atoms with E-state index < -0.39 is 53.2 Å². The number of nitrogens with one attached hydrogen (secondary N) is 1. The molecule has 0 saturated carbocycles. The SMILES string of the molecule is Cc1c([C@H]2[C@@H](C)[C@](C)(C(F)(F)F)O[C@H]2C(=O)Nc2ccnc(C(N)=O)c2)ccc(F)c1F. The van der Waals surface area contributed by atoms with Gasteiger partial charge in [0, 0.05) is 23.7 Å². The number of pyridine rings is 1. The summed E-state index contributed by atoms with van der Waals surface area (Å²) in [6.07, 6.45) is -5.35. The summed E-state index contributed by atoms with van der Waals surface area (Å²) in [4.78, 5) is 28.0. The molecule has 2 aromatic rings. The Balaban J connectivity index is 2.05. The maximum absolute atomic E-state index is 14.2. The Labute approximate surface area is 180 Å². The second kappa shape index (κ2) is 8.12. The van der Waals surface area contributed by atoms with Crippen molar-refractivity contribution in [1.82, 2.24) is 4.98 Å². The second-order valence-corrected chi connectivity index (χ2v) is 7.82. The third-order valence-electron chi connectivity index (χ3n) is 5.95. The van der Waals surface area contributed by atoms with Crippen LogP contribution in [0.4, 0.5) is 27.6 Å². The number of amides is 2. The molecule has 6 nitrogen and oxygen atoms in total. The summed E-state index contributed by atoms with van der Waals surface area (Å²) in [6.45, 7) is 3.27. The molecule has 172 valence electrons. The average molecular weight is 457 g/mol. The molecular weight excluding hydrogens is 437 g/mol. The molecule has 1 aliphatic heterocycles. The minimum atomic E-state index is -4.85. The molecule has 0 bridgehead atoms. The van der Waals surface area contributed by atoms with Crippen LogP contribution in [-0.4, -0.2) is 34.7 Å². The molecule has 0 radical (unpaired) electrons. The van der Waals surface area contributed by atoms with Gasteiger partial charge in [-0.1, -0.05) is 13.0 Å². The van der Waals surface area contributed by atoms with Crippen LogP contribution in [0.5, 0.6) is 0 Å². The van der Waals surface area contributed by atoms with Gasteiger partial charge in [-0.2, -0.15) is 13.2 Å². The van der Waals surface area contributed by atoms with Crippen LogP contribution in [-0.2, 0) is 9.53 Å². The first-order chi connectivity index (χ1) is 14.8. The molecule has 0 aliphatic carbocycles. The predicted octanol–water partition coefficient (Wildman–Crippen LogP) is 3.85. The number of carbonyl (C=O) groups excluding carboxylic acids is 2. The van der Waals surface area contributed by atoms with Crippen LogP contribution in [0.3, 0.4) is 0 Å². The number of primary amides is 1. The minimum Gasteiger partial charge on any atom is -0.364 e. The molecule has 2 heterocycles. The number of hydrogen-bond donors (Lipinski definition) is 2. The highest BCUT2D eigenvalue weighted by Crippen LogP contribution is 2.54. The zero-order valence-electron chi connectivity index (χ0n) is 17.3. The van der Waals surface area contributed by atoms with Gasteiger partial charge in [-0.15, -0.1) is 0 Å². The number of alkyl halides is 3. The minimum absolute atomic E-state index is 0.0251. The van der Waals surface area contributed by atoms with E-state index in [1.165, 1.54) is 26.1 Å². The molecule has 0 spiro atoms. The third-order valence-corrected chi connectivity index (χ3v) is 5.95. The maximum Gasteiger partial charge on any atom is 0.417 e. The molecule has 2 amide bonds. The normalized spacial score (nSPS) is 25.6. The quantitative estimate of drug-likeness (QED) is 0.682. The molecule has 1 aromatic heterocycles. The molecule has 1 aromatic carbocycles. The standard InChI is InChI=1S/C21H20F5N3O3/c1-9-12(4-5-13(22)16(9)23)15-10(2)20(3,21(24,25)26)32-17(15)19(31)29-11-6-7-28-14(8-11)18(27)30/h4-8,10,15,17H,1-3H3,(H2,27,30)(H,28,29,31)/t10-,15-,17-,20-/m1/s1. The Hall–Kier alpha value is -3.08. The van der Waals surface area contributed by atoms with E-state index in [-0.39, 0.29) is 22.5 Å². The Morgan fingerprint density at radius 1 is 1.22 bits per heavy atom. The highest BCUT2D eigenvalue weighted by molar-refractivity contribution is 5.97. The van der Waals surface area contributed by atoms with Gasteiger partial charge in [0.05, 0.1) is 0 Å². The summed E-state index contributed by atoms with van der Waals surface area (Å²) in [5.74, 6) is -6.76. The van der Waals surface area contributed by atoms with Crippen molar-refractivity contribution in [3.63, 3.8) is 0 Å². The molecule has 1 aliphatic rings. The largest absolute Gasteiger partial charge is 0.417 e. The highest BCUT2D eigenvalue weighted by atomic mass is 19.4. The van der Waals surface area contributed by atoms with Crippen LogP contribution in [0.2, 0.25) is 0 Å². The third kappa shape index (κ3) is 3.92. The summed E-state index contributed by atoms with van der Waals surface area (Å²) >= 11 is 0. The van der Waals surface area contributed by atoms with Crippen molar-refractivity contribution in [2.45, 2.75) is 44.6 Å². The van der Waals surface area contributed by atoms with Crippen molar-refractivity contribution < 1.29 is 36.3 Å². The van der Waals surface area contributed by atoms with E-state index in [2.05, 4.69) is 10.3 Å². The monoisotopic (exact) mass is 457 g/mol. The van der Waals surface area contributed by atoms with Crippen LogP contribution in [0.25, 0.3) is 0 Å². The lowest BCUT2D eigenvalue weighted by Crippen LogP contribution is -2.47. The van der Waals surface area contributed by atoms with E-state index in [1.807, 2.05) is 0 Å². The number of nitrogens with zero attached hydrogens (tertiary/aromatic N) is 1. The molecule has 11 heteroatoms. The van der Waals surface area contributed by atoms with E-state index >= 15 is 0 Å². The number of hydrogen-bond acceptors (Lipinski definition) is 4. The number of anilines is 1. The number of nitrogens with two attached hydrogens (primary N) is 1. The second-order valence-electron chi connectivity index (χ2n) is 7.82. The van der Waals surface area contributed by atoms with E-state index in [1.54, 1.807) is 0 Å². The summed E-state index contributed by atoms with van der Waals surface area (Å²) in [5.41, 5.74) is 2.11. The lowest BCUT2D eigenvalue weighted by atomic mass is 9.76. The number of rotatable bonds is 4. The summed E-state index contributed by atoms with van der Waals surface area (Å²) in [6, 6.07) is 4.41.